The van der Waals surface area contributed by atoms with Gasteiger partial charge in [-0.2, -0.15) is 0 Å². The lowest BCUT2D eigenvalue weighted by atomic mass is 9.93. The molecule has 1 aliphatic heterocycles. The summed E-state index contributed by atoms with van der Waals surface area (Å²) in [5.41, 5.74) is 2.90. The Morgan fingerprint density at radius 1 is 1.07 bits per heavy atom. The molecule has 0 saturated carbocycles. The summed E-state index contributed by atoms with van der Waals surface area (Å²) in [5.74, 6) is 0.559. The number of carbonyl (C=O) groups excluding carboxylic acids is 2. The first-order valence-corrected chi connectivity index (χ1v) is 15.3. The molecule has 230 valence electrons. The van der Waals surface area contributed by atoms with E-state index in [1.807, 2.05) is 55.0 Å². The third kappa shape index (κ3) is 5.55. The Hall–Kier alpha value is -4.64. The molecule has 0 bridgehead atoms. The zero-order valence-electron chi connectivity index (χ0n) is 25.7. The number of rotatable bonds is 10. The largest absolute Gasteiger partial charge is 0.497 e. The number of nitrogens with zero attached hydrogens (tertiary/aromatic N) is 4. The summed E-state index contributed by atoms with van der Waals surface area (Å²) in [5, 5.41) is 0.891. The number of hydrogen-bond acceptors (Lipinski definition) is 8. The molecule has 4 aromatic rings. The number of thiazole rings is 1. The Bertz CT molecular complexity index is 1950. The highest BCUT2D eigenvalue weighted by atomic mass is 32.1. The van der Waals surface area contributed by atoms with Crippen molar-refractivity contribution in [1.82, 2.24) is 14.0 Å². The number of esters is 1. The van der Waals surface area contributed by atoms with Gasteiger partial charge in [0, 0.05) is 41.3 Å². The Labute approximate surface area is 259 Å². The van der Waals surface area contributed by atoms with Crippen LogP contribution in [0.4, 0.5) is 0 Å². The predicted octanol–water partition coefficient (Wildman–Crippen LogP) is 3.64. The smallest absolute Gasteiger partial charge is 0.325 e. The number of hydrogen-bond donors (Lipinski definition) is 0. The number of ether oxygens (including phenoxy) is 3. The van der Waals surface area contributed by atoms with Gasteiger partial charge in [-0.3, -0.25) is 19.0 Å². The van der Waals surface area contributed by atoms with Crippen molar-refractivity contribution in [3.8, 4) is 11.5 Å². The van der Waals surface area contributed by atoms with Crippen LogP contribution in [0.25, 0.3) is 17.0 Å². The van der Waals surface area contributed by atoms with Crippen LogP contribution >= 0.6 is 11.3 Å². The van der Waals surface area contributed by atoms with E-state index in [4.69, 9.17) is 19.2 Å². The first kappa shape index (κ1) is 30.8. The van der Waals surface area contributed by atoms with Crippen LogP contribution in [0.2, 0.25) is 0 Å². The third-order valence-electron chi connectivity index (χ3n) is 7.74. The molecule has 0 unspecified atom stereocenters. The van der Waals surface area contributed by atoms with Crippen LogP contribution in [0.1, 0.15) is 44.9 Å². The highest BCUT2D eigenvalue weighted by Crippen LogP contribution is 2.38. The number of fused-ring (bicyclic) bond motifs is 2. The van der Waals surface area contributed by atoms with E-state index in [-0.39, 0.29) is 24.0 Å². The van der Waals surface area contributed by atoms with Crippen molar-refractivity contribution < 1.29 is 23.8 Å². The molecule has 0 fully saturated rings. The fraction of sp³-hybridized carbons (Fsp3) is 0.333. The van der Waals surface area contributed by atoms with E-state index in [2.05, 4.69) is 0 Å². The molecule has 5 rings (SSSR count). The van der Waals surface area contributed by atoms with E-state index in [0.29, 0.717) is 57.4 Å². The topological polar surface area (TPSA) is 104 Å². The number of carbonyl (C=O) groups is 2. The lowest BCUT2D eigenvalue weighted by Gasteiger charge is -2.30. The predicted molar refractivity (Wildman–Crippen MR) is 170 cm³/mol. The second-order valence-electron chi connectivity index (χ2n) is 10.2. The number of allylic oxidation sites excluding steroid dienone is 1. The van der Waals surface area contributed by atoms with Crippen molar-refractivity contribution in [3.63, 3.8) is 0 Å². The van der Waals surface area contributed by atoms with Crippen molar-refractivity contribution >= 4 is 40.2 Å². The number of aromatic nitrogens is 2. The van der Waals surface area contributed by atoms with Crippen molar-refractivity contribution in [2.75, 3.05) is 33.9 Å². The van der Waals surface area contributed by atoms with Crippen LogP contribution in [0.3, 0.4) is 0 Å². The van der Waals surface area contributed by atoms with E-state index in [0.717, 1.165) is 16.5 Å². The van der Waals surface area contributed by atoms with Crippen molar-refractivity contribution in [1.29, 1.82) is 0 Å². The Morgan fingerprint density at radius 2 is 1.82 bits per heavy atom. The molecular weight excluding hydrogens is 580 g/mol. The van der Waals surface area contributed by atoms with Crippen LogP contribution in [0.5, 0.6) is 11.5 Å². The van der Waals surface area contributed by atoms with Gasteiger partial charge < -0.3 is 23.7 Å². The molecule has 10 nitrogen and oxygen atoms in total. The number of para-hydroxylation sites is 1. The summed E-state index contributed by atoms with van der Waals surface area (Å²) < 4.78 is 20.3. The highest BCUT2D eigenvalue weighted by molar-refractivity contribution is 7.07. The minimum Gasteiger partial charge on any atom is -0.497 e. The molecule has 1 atom stereocenters. The van der Waals surface area contributed by atoms with Gasteiger partial charge in [-0.1, -0.05) is 29.5 Å². The third-order valence-corrected chi connectivity index (χ3v) is 8.73. The molecule has 44 heavy (non-hydrogen) atoms. The van der Waals surface area contributed by atoms with Gasteiger partial charge in [0.15, 0.2) is 4.80 Å². The van der Waals surface area contributed by atoms with Crippen LogP contribution in [-0.2, 0) is 20.9 Å². The maximum absolute atomic E-state index is 14.3. The van der Waals surface area contributed by atoms with Gasteiger partial charge in [-0.15, -0.1) is 0 Å². The molecule has 3 heterocycles. The molecule has 0 spiro atoms. The normalized spacial score (nSPS) is 14.8. The van der Waals surface area contributed by atoms with Gasteiger partial charge in [0.2, 0.25) is 0 Å². The number of benzene rings is 2. The number of methoxy groups -OCH3 is 2. The van der Waals surface area contributed by atoms with Crippen LogP contribution in [0, 0.1) is 0 Å². The monoisotopic (exact) mass is 616 g/mol. The minimum absolute atomic E-state index is 0.0507. The lowest BCUT2D eigenvalue weighted by Crippen LogP contribution is -2.43. The summed E-state index contributed by atoms with van der Waals surface area (Å²) in [6, 6.07) is 12.3. The number of amides is 1. The van der Waals surface area contributed by atoms with Gasteiger partial charge in [0.25, 0.3) is 11.5 Å². The Balaban J connectivity index is 1.75. The van der Waals surface area contributed by atoms with Gasteiger partial charge in [-0.25, -0.2) is 4.99 Å². The fourth-order valence-electron chi connectivity index (χ4n) is 5.63. The molecule has 2 aromatic carbocycles. The summed E-state index contributed by atoms with van der Waals surface area (Å²) >= 11 is 1.25. The SMILES string of the molecule is CCOC(=O)Cn1cc(/C=c2/sc3n(c2=O)[C@@H](c2cc(OC)ccc2OC)C(C(=O)N(CC)CC)=C(C)N=3)c2ccccc21. The van der Waals surface area contributed by atoms with E-state index >= 15 is 0 Å². The summed E-state index contributed by atoms with van der Waals surface area (Å²) in [4.78, 5) is 47.6. The molecule has 11 heteroatoms. The maximum atomic E-state index is 14.3. The maximum Gasteiger partial charge on any atom is 0.325 e. The van der Waals surface area contributed by atoms with Crippen LogP contribution in [-0.4, -0.2) is 59.8 Å². The average molecular weight is 617 g/mol. The summed E-state index contributed by atoms with van der Waals surface area (Å²) in [6.07, 6.45) is 3.67. The van der Waals surface area contributed by atoms with E-state index in [1.165, 1.54) is 11.3 Å². The molecule has 2 aromatic heterocycles. The molecular formula is C33H36N4O6S. The van der Waals surface area contributed by atoms with Crippen LogP contribution in [0.15, 0.2) is 69.7 Å². The van der Waals surface area contributed by atoms with Crippen molar-refractivity contribution in [2.45, 2.75) is 40.3 Å². The van der Waals surface area contributed by atoms with E-state index < -0.39 is 6.04 Å². The Kier molecular flexibility index (Phi) is 9.05. The molecule has 1 amide bonds. The van der Waals surface area contributed by atoms with Gasteiger partial charge in [0.1, 0.15) is 24.1 Å². The van der Waals surface area contributed by atoms with E-state index in [9.17, 15) is 14.4 Å². The molecule has 0 N–H and O–H groups in total. The van der Waals surface area contributed by atoms with Crippen molar-refractivity contribution in [2.24, 2.45) is 4.99 Å². The second-order valence-corrected chi connectivity index (χ2v) is 11.2. The molecule has 1 aliphatic rings. The fourth-order valence-corrected chi connectivity index (χ4v) is 6.67. The van der Waals surface area contributed by atoms with Crippen LogP contribution < -0.4 is 24.4 Å². The molecule has 0 radical (unpaired) electrons. The second kappa shape index (κ2) is 12.9. The Morgan fingerprint density at radius 3 is 2.50 bits per heavy atom. The zero-order chi connectivity index (χ0) is 31.5. The first-order chi connectivity index (χ1) is 21.3. The highest BCUT2D eigenvalue weighted by Gasteiger charge is 2.36. The summed E-state index contributed by atoms with van der Waals surface area (Å²) in [7, 11) is 3.13. The van der Waals surface area contributed by atoms with Gasteiger partial charge in [0.05, 0.1) is 36.6 Å². The van der Waals surface area contributed by atoms with E-state index in [1.54, 1.807) is 55.7 Å². The number of likely N-dealkylation sites (N-methyl/N-ethyl adjacent to an activating group) is 1. The lowest BCUT2D eigenvalue weighted by molar-refractivity contribution is -0.143. The standard InChI is InChI=1S/C33H36N4O6S/c1-7-35(8-2)32(40)29-20(4)34-33-37(30(29)24-17-22(41-5)14-15-26(24)42-6)31(39)27(44-33)16-21-18-36(19-28(38)43-9-3)25-13-11-10-12-23(21)25/h10-18,30H,7-9,19H2,1-6H3/b27-16+/t30-/m0/s1. The zero-order valence-corrected chi connectivity index (χ0v) is 26.6. The van der Waals surface area contributed by atoms with Gasteiger partial charge >= 0.3 is 5.97 Å². The first-order valence-electron chi connectivity index (χ1n) is 14.5. The quantitative estimate of drug-likeness (QED) is 0.252. The summed E-state index contributed by atoms with van der Waals surface area (Å²) in [6.45, 7) is 8.78. The van der Waals surface area contributed by atoms with Gasteiger partial charge in [-0.05, 0) is 58.0 Å². The molecule has 0 aliphatic carbocycles. The molecule has 0 saturated heterocycles. The average Bonchev–Trinajstić information content (AvgIpc) is 3.52. The van der Waals surface area contributed by atoms with Crippen molar-refractivity contribution in [3.05, 3.63) is 90.7 Å². The minimum atomic E-state index is -0.795.